The van der Waals surface area contributed by atoms with Gasteiger partial charge >= 0.3 is 0 Å². The SMILES string of the molecule is c1ccc(-c2ccc(-c3nc(-c4cccc(-c5ccccc5)c4)nc(-c4cccc5c4oc4cc(-c6cccc7oc8ccc9ccccc9c8c67)ccc45)n3)cc2)cc1. The van der Waals surface area contributed by atoms with Gasteiger partial charge in [0.05, 0.1) is 5.56 Å². The topological polar surface area (TPSA) is 65.0 Å². The molecule has 0 saturated heterocycles. The van der Waals surface area contributed by atoms with Crippen molar-refractivity contribution in [3.63, 3.8) is 0 Å². The summed E-state index contributed by atoms with van der Waals surface area (Å²) in [6.45, 7) is 0. The lowest BCUT2D eigenvalue weighted by molar-refractivity contribution is 0.668. The van der Waals surface area contributed by atoms with Crippen molar-refractivity contribution in [2.45, 2.75) is 0 Å². The predicted octanol–water partition coefficient (Wildman–Crippen LogP) is 14.8. The Labute approximate surface area is 344 Å². The van der Waals surface area contributed by atoms with Crippen molar-refractivity contribution in [2.24, 2.45) is 0 Å². The molecule has 0 aliphatic rings. The van der Waals surface area contributed by atoms with E-state index in [0.29, 0.717) is 17.5 Å². The van der Waals surface area contributed by atoms with Crippen molar-refractivity contribution in [1.82, 2.24) is 15.0 Å². The maximum absolute atomic E-state index is 6.86. The van der Waals surface area contributed by atoms with Gasteiger partial charge in [0.2, 0.25) is 0 Å². The van der Waals surface area contributed by atoms with E-state index in [1.807, 2.05) is 24.3 Å². The highest BCUT2D eigenvalue weighted by Gasteiger charge is 2.20. The number of furan rings is 2. The summed E-state index contributed by atoms with van der Waals surface area (Å²) in [6, 6.07) is 69.2. The molecule has 0 atom stereocenters. The first-order valence-electron chi connectivity index (χ1n) is 20.1. The highest BCUT2D eigenvalue weighted by atomic mass is 16.3. The molecule has 9 aromatic carbocycles. The normalized spacial score (nSPS) is 11.7. The van der Waals surface area contributed by atoms with Crippen LogP contribution in [0.3, 0.4) is 0 Å². The molecule has 0 spiro atoms. The zero-order chi connectivity index (χ0) is 39.6. The van der Waals surface area contributed by atoms with Crippen LogP contribution in [0.4, 0.5) is 0 Å². The number of hydrogen-bond donors (Lipinski definition) is 0. The molecule has 60 heavy (non-hydrogen) atoms. The standard InChI is InChI=1S/C55H33N3O2/c1-3-12-34(13-4-1)36-24-26-38(27-25-36)53-56-54(41-18-9-17-39(32-41)35-14-5-2-6-15-35)58-55(57-53)46-22-10-21-45-44-30-28-40(33-49(44)60-52(45)46)43-20-11-23-47-51(43)50-42-19-8-7-16-37(42)29-31-48(50)59-47/h1-33H. The summed E-state index contributed by atoms with van der Waals surface area (Å²) >= 11 is 0. The maximum atomic E-state index is 6.86. The van der Waals surface area contributed by atoms with Crippen LogP contribution < -0.4 is 0 Å². The zero-order valence-corrected chi connectivity index (χ0v) is 32.2. The van der Waals surface area contributed by atoms with Gasteiger partial charge in [-0.15, -0.1) is 0 Å². The van der Waals surface area contributed by atoms with E-state index in [0.717, 1.165) is 93.9 Å². The second kappa shape index (κ2) is 13.8. The third-order valence-electron chi connectivity index (χ3n) is 11.6. The lowest BCUT2D eigenvalue weighted by Gasteiger charge is -2.10. The van der Waals surface area contributed by atoms with E-state index < -0.39 is 0 Å². The molecule has 5 heteroatoms. The molecule has 3 heterocycles. The Bertz CT molecular complexity index is 3590. The average molecular weight is 768 g/mol. The summed E-state index contributed by atoms with van der Waals surface area (Å²) in [6.07, 6.45) is 0. The van der Waals surface area contributed by atoms with Crippen molar-refractivity contribution in [1.29, 1.82) is 0 Å². The number of para-hydroxylation sites is 1. The third-order valence-corrected chi connectivity index (χ3v) is 11.6. The number of fused-ring (bicyclic) bond motifs is 8. The molecule has 0 aliphatic carbocycles. The Balaban J connectivity index is 1.02. The van der Waals surface area contributed by atoms with Crippen LogP contribution in [-0.2, 0) is 0 Å². The fourth-order valence-electron chi connectivity index (χ4n) is 8.63. The quantitative estimate of drug-likeness (QED) is 0.169. The molecule has 0 amide bonds. The maximum Gasteiger partial charge on any atom is 0.167 e. The summed E-state index contributed by atoms with van der Waals surface area (Å²) in [4.78, 5) is 15.4. The van der Waals surface area contributed by atoms with Crippen molar-refractivity contribution in [3.8, 4) is 67.5 Å². The van der Waals surface area contributed by atoms with Gasteiger partial charge in [-0.3, -0.25) is 0 Å². The van der Waals surface area contributed by atoms with Crippen molar-refractivity contribution in [2.75, 3.05) is 0 Å². The Hall–Kier alpha value is -8.15. The van der Waals surface area contributed by atoms with Crippen LogP contribution in [0.5, 0.6) is 0 Å². The number of aromatic nitrogens is 3. The number of rotatable bonds is 6. The number of hydrogen-bond acceptors (Lipinski definition) is 5. The molecule has 0 bridgehead atoms. The third kappa shape index (κ3) is 5.67. The fraction of sp³-hybridized carbons (Fsp3) is 0. The smallest absolute Gasteiger partial charge is 0.167 e. The molecule has 5 nitrogen and oxygen atoms in total. The zero-order valence-electron chi connectivity index (χ0n) is 32.2. The minimum atomic E-state index is 0.540. The highest BCUT2D eigenvalue weighted by Crippen LogP contribution is 2.43. The molecule has 0 saturated carbocycles. The van der Waals surface area contributed by atoms with Crippen molar-refractivity contribution >= 4 is 54.6 Å². The van der Waals surface area contributed by atoms with E-state index in [1.165, 1.54) is 10.8 Å². The average Bonchev–Trinajstić information content (AvgIpc) is 3.91. The van der Waals surface area contributed by atoms with E-state index in [-0.39, 0.29) is 0 Å². The summed E-state index contributed by atoms with van der Waals surface area (Å²) < 4.78 is 13.3. The van der Waals surface area contributed by atoms with Gasteiger partial charge in [0, 0.05) is 32.7 Å². The molecular weight excluding hydrogens is 735 g/mol. The Morgan fingerprint density at radius 3 is 1.70 bits per heavy atom. The Morgan fingerprint density at radius 2 is 0.867 bits per heavy atom. The molecule has 0 radical (unpaired) electrons. The van der Waals surface area contributed by atoms with Crippen molar-refractivity contribution < 1.29 is 8.83 Å². The van der Waals surface area contributed by atoms with Gasteiger partial charge in [-0.1, -0.05) is 164 Å². The van der Waals surface area contributed by atoms with Crippen LogP contribution in [0, 0.1) is 0 Å². The first-order chi connectivity index (χ1) is 29.7. The van der Waals surface area contributed by atoms with Gasteiger partial charge in [-0.25, -0.2) is 15.0 Å². The Morgan fingerprint density at radius 1 is 0.283 bits per heavy atom. The second-order valence-electron chi connectivity index (χ2n) is 15.1. The monoisotopic (exact) mass is 767 g/mol. The number of nitrogens with zero attached hydrogens (tertiary/aromatic N) is 3. The molecule has 0 unspecified atom stereocenters. The largest absolute Gasteiger partial charge is 0.456 e. The molecule has 280 valence electrons. The van der Waals surface area contributed by atoms with Crippen LogP contribution in [0.25, 0.3) is 122 Å². The first kappa shape index (κ1) is 33.9. The van der Waals surface area contributed by atoms with E-state index >= 15 is 0 Å². The van der Waals surface area contributed by atoms with E-state index in [2.05, 4.69) is 176 Å². The molecule has 12 rings (SSSR count). The minimum absolute atomic E-state index is 0.540. The van der Waals surface area contributed by atoms with Gasteiger partial charge in [-0.05, 0) is 80.6 Å². The summed E-state index contributed by atoms with van der Waals surface area (Å²) in [5, 5.41) is 6.59. The lowest BCUT2D eigenvalue weighted by atomic mass is 9.96. The van der Waals surface area contributed by atoms with Gasteiger partial charge in [0.25, 0.3) is 0 Å². The lowest BCUT2D eigenvalue weighted by Crippen LogP contribution is -2.00. The van der Waals surface area contributed by atoms with Gasteiger partial charge in [-0.2, -0.15) is 0 Å². The van der Waals surface area contributed by atoms with Gasteiger partial charge in [0.15, 0.2) is 17.5 Å². The molecule has 12 aromatic rings. The van der Waals surface area contributed by atoms with Crippen LogP contribution in [0.1, 0.15) is 0 Å². The van der Waals surface area contributed by atoms with E-state index in [1.54, 1.807) is 0 Å². The molecular formula is C55H33N3O2. The molecule has 0 aliphatic heterocycles. The molecule has 3 aromatic heterocycles. The van der Waals surface area contributed by atoms with E-state index in [4.69, 9.17) is 23.8 Å². The van der Waals surface area contributed by atoms with Crippen LogP contribution in [-0.4, -0.2) is 15.0 Å². The molecule has 0 N–H and O–H groups in total. The minimum Gasteiger partial charge on any atom is -0.456 e. The molecule has 0 fully saturated rings. The van der Waals surface area contributed by atoms with Crippen LogP contribution in [0.15, 0.2) is 209 Å². The van der Waals surface area contributed by atoms with Crippen molar-refractivity contribution in [3.05, 3.63) is 200 Å². The van der Waals surface area contributed by atoms with Crippen LogP contribution >= 0.6 is 0 Å². The highest BCUT2D eigenvalue weighted by molar-refractivity contribution is 6.23. The summed E-state index contributed by atoms with van der Waals surface area (Å²) in [5.41, 5.74) is 12.5. The number of benzene rings is 9. The van der Waals surface area contributed by atoms with Gasteiger partial charge in [0.1, 0.15) is 22.3 Å². The summed E-state index contributed by atoms with van der Waals surface area (Å²) in [7, 11) is 0. The predicted molar refractivity (Wildman–Crippen MR) is 245 cm³/mol. The van der Waals surface area contributed by atoms with Crippen LogP contribution in [0.2, 0.25) is 0 Å². The Kier molecular flexibility index (Phi) is 7.78. The fourth-order valence-corrected chi connectivity index (χ4v) is 8.63. The van der Waals surface area contributed by atoms with Gasteiger partial charge < -0.3 is 8.83 Å². The first-order valence-corrected chi connectivity index (χ1v) is 20.1. The van der Waals surface area contributed by atoms with E-state index in [9.17, 15) is 0 Å². The second-order valence-corrected chi connectivity index (χ2v) is 15.1. The summed E-state index contributed by atoms with van der Waals surface area (Å²) in [5.74, 6) is 1.71.